The second-order valence-electron chi connectivity index (χ2n) is 5.50. The van der Waals surface area contributed by atoms with Crippen LogP contribution < -0.4 is 24.4 Å². The first-order valence-electron chi connectivity index (χ1n) is 7.78. The highest BCUT2D eigenvalue weighted by Gasteiger charge is 2.20. The summed E-state index contributed by atoms with van der Waals surface area (Å²) < 4.78 is 27.6. The maximum absolute atomic E-state index is 12.7. The molecule has 1 N–H and O–H groups in total. The topological polar surface area (TPSA) is 87.4 Å². The van der Waals surface area contributed by atoms with Crippen molar-refractivity contribution in [2.45, 2.75) is 0 Å². The highest BCUT2D eigenvalue weighted by molar-refractivity contribution is 14.1. The molecule has 1 heterocycles. The third-order valence-electron chi connectivity index (χ3n) is 4.09. The van der Waals surface area contributed by atoms with Crippen LogP contribution in [0.4, 0.5) is 0 Å². The number of methoxy groups -OCH3 is 4. The summed E-state index contributed by atoms with van der Waals surface area (Å²) in [6.45, 7) is 0. The summed E-state index contributed by atoms with van der Waals surface area (Å²) in [4.78, 5) is 12.7. The average molecular weight is 484 g/mol. The minimum atomic E-state index is -0.388. The van der Waals surface area contributed by atoms with Crippen molar-refractivity contribution in [1.29, 1.82) is 0 Å². The largest absolute Gasteiger partial charge is 0.506 e. The maximum Gasteiger partial charge on any atom is 0.197 e. The fourth-order valence-corrected chi connectivity index (χ4v) is 3.40. The van der Waals surface area contributed by atoms with E-state index in [0.717, 1.165) is 0 Å². The number of hydrogen-bond donors (Lipinski definition) is 1. The Morgan fingerprint density at radius 2 is 1.44 bits per heavy atom. The molecule has 0 radical (unpaired) electrons. The van der Waals surface area contributed by atoms with E-state index in [1.54, 1.807) is 18.2 Å². The van der Waals surface area contributed by atoms with Gasteiger partial charge in [0.2, 0.25) is 0 Å². The molecule has 0 aliphatic heterocycles. The predicted octanol–water partition coefficient (Wildman–Crippen LogP) is 3.80. The fraction of sp³-hybridized carbons (Fsp3) is 0.211. The molecule has 8 heteroatoms. The Kier molecular flexibility index (Phi) is 5.36. The number of hydrogen-bond acceptors (Lipinski definition) is 7. The Balaban J connectivity index is 2.33. The molecular formula is C19H17IO7. The third kappa shape index (κ3) is 3.25. The van der Waals surface area contributed by atoms with Crippen LogP contribution in [0.5, 0.6) is 28.7 Å². The molecule has 0 aliphatic carbocycles. The van der Waals surface area contributed by atoms with E-state index in [-0.39, 0.29) is 27.9 Å². The lowest BCUT2D eigenvalue weighted by molar-refractivity contribution is 0.349. The van der Waals surface area contributed by atoms with Gasteiger partial charge < -0.3 is 28.5 Å². The molecule has 2 aromatic carbocycles. The highest BCUT2D eigenvalue weighted by atomic mass is 127. The Bertz CT molecular complexity index is 1070. The summed E-state index contributed by atoms with van der Waals surface area (Å²) in [5.41, 5.74) is 0.316. The van der Waals surface area contributed by atoms with Gasteiger partial charge in [0.1, 0.15) is 34.0 Å². The van der Waals surface area contributed by atoms with Crippen molar-refractivity contribution in [3.63, 3.8) is 0 Å². The number of phenols is 1. The summed E-state index contributed by atoms with van der Waals surface area (Å²) in [5, 5.41) is 10.4. The smallest absolute Gasteiger partial charge is 0.197 e. The molecule has 3 rings (SSSR count). The SMILES string of the molecule is COc1cc(OC)c(-c2cc(=O)c3c(O)c(I)c(OC)cc3o2)cc1OC. The van der Waals surface area contributed by atoms with E-state index in [4.69, 9.17) is 23.4 Å². The zero-order chi connectivity index (χ0) is 19.7. The number of benzene rings is 2. The van der Waals surface area contributed by atoms with E-state index < -0.39 is 0 Å². The van der Waals surface area contributed by atoms with Gasteiger partial charge in [0.05, 0.1) is 37.6 Å². The first-order chi connectivity index (χ1) is 12.9. The fourth-order valence-electron chi connectivity index (χ4n) is 2.76. The van der Waals surface area contributed by atoms with Crippen LogP contribution in [0.3, 0.4) is 0 Å². The molecule has 0 saturated carbocycles. The molecule has 0 amide bonds. The van der Waals surface area contributed by atoms with E-state index in [1.165, 1.54) is 34.5 Å². The molecule has 0 bridgehead atoms. The van der Waals surface area contributed by atoms with E-state index >= 15 is 0 Å². The Labute approximate surface area is 168 Å². The van der Waals surface area contributed by atoms with Crippen LogP contribution in [-0.4, -0.2) is 33.5 Å². The Morgan fingerprint density at radius 1 is 0.852 bits per heavy atom. The van der Waals surface area contributed by atoms with Crippen LogP contribution >= 0.6 is 22.6 Å². The molecule has 0 aliphatic rings. The first-order valence-corrected chi connectivity index (χ1v) is 8.86. The number of ether oxygens (including phenoxy) is 4. The van der Waals surface area contributed by atoms with E-state index in [0.29, 0.717) is 32.1 Å². The Hall–Kier alpha value is -2.62. The van der Waals surface area contributed by atoms with E-state index in [1.807, 2.05) is 22.6 Å². The van der Waals surface area contributed by atoms with Gasteiger partial charge in [-0.1, -0.05) is 0 Å². The van der Waals surface area contributed by atoms with Gasteiger partial charge in [0.25, 0.3) is 0 Å². The van der Waals surface area contributed by atoms with Crippen molar-refractivity contribution in [3.8, 4) is 40.1 Å². The standard InChI is InChI=1S/C19H17IO7/c1-23-11-7-14(25-3)13(24-2)5-9(11)12-6-10(21)17-15(27-12)8-16(26-4)18(20)19(17)22/h5-8,22H,1-4H3. The van der Waals surface area contributed by atoms with Gasteiger partial charge in [-0.3, -0.25) is 4.79 Å². The van der Waals surface area contributed by atoms with Crippen molar-refractivity contribution in [2.24, 2.45) is 0 Å². The quantitative estimate of drug-likeness (QED) is 0.552. The molecule has 27 heavy (non-hydrogen) atoms. The molecule has 0 fully saturated rings. The lowest BCUT2D eigenvalue weighted by atomic mass is 10.1. The van der Waals surface area contributed by atoms with Gasteiger partial charge in [-0.25, -0.2) is 0 Å². The summed E-state index contributed by atoms with van der Waals surface area (Å²) in [6, 6.07) is 6.17. The van der Waals surface area contributed by atoms with E-state index in [9.17, 15) is 9.90 Å². The second kappa shape index (κ2) is 7.55. The van der Waals surface area contributed by atoms with Crippen LogP contribution in [0.25, 0.3) is 22.3 Å². The van der Waals surface area contributed by atoms with Crippen LogP contribution in [0.15, 0.2) is 33.5 Å². The first kappa shape index (κ1) is 19.2. The monoisotopic (exact) mass is 484 g/mol. The number of aromatic hydroxyl groups is 1. The minimum absolute atomic E-state index is 0.0865. The van der Waals surface area contributed by atoms with Gasteiger partial charge in [-0.15, -0.1) is 0 Å². The Morgan fingerprint density at radius 3 is 2.04 bits per heavy atom. The highest BCUT2D eigenvalue weighted by Crippen LogP contribution is 2.42. The van der Waals surface area contributed by atoms with Crippen LogP contribution in [0.1, 0.15) is 0 Å². The van der Waals surface area contributed by atoms with Crippen molar-refractivity contribution < 1.29 is 28.5 Å². The summed E-state index contributed by atoms with van der Waals surface area (Å²) >= 11 is 1.91. The van der Waals surface area contributed by atoms with Crippen molar-refractivity contribution in [1.82, 2.24) is 0 Å². The zero-order valence-electron chi connectivity index (χ0n) is 15.1. The molecule has 0 unspecified atom stereocenters. The predicted molar refractivity (Wildman–Crippen MR) is 109 cm³/mol. The van der Waals surface area contributed by atoms with Gasteiger partial charge in [-0.05, 0) is 28.7 Å². The number of rotatable bonds is 5. The number of fused-ring (bicyclic) bond motifs is 1. The number of phenolic OH excluding ortho intramolecular Hbond substituents is 1. The van der Waals surface area contributed by atoms with Gasteiger partial charge >= 0.3 is 0 Å². The van der Waals surface area contributed by atoms with Crippen LogP contribution in [-0.2, 0) is 0 Å². The summed E-state index contributed by atoms with van der Waals surface area (Å²) in [7, 11) is 6.00. The second-order valence-corrected chi connectivity index (χ2v) is 6.58. The summed E-state index contributed by atoms with van der Waals surface area (Å²) in [6.07, 6.45) is 0. The van der Waals surface area contributed by atoms with Gasteiger partial charge in [0, 0.05) is 18.2 Å². The van der Waals surface area contributed by atoms with Crippen LogP contribution in [0, 0.1) is 3.57 Å². The zero-order valence-corrected chi connectivity index (χ0v) is 17.2. The maximum atomic E-state index is 12.7. The van der Waals surface area contributed by atoms with Crippen molar-refractivity contribution >= 4 is 33.6 Å². The van der Waals surface area contributed by atoms with Crippen molar-refractivity contribution in [3.05, 3.63) is 38.1 Å². The lowest BCUT2D eigenvalue weighted by Crippen LogP contribution is -2.03. The lowest BCUT2D eigenvalue weighted by Gasteiger charge is -2.14. The normalized spacial score (nSPS) is 10.7. The van der Waals surface area contributed by atoms with Gasteiger partial charge in [-0.2, -0.15) is 0 Å². The van der Waals surface area contributed by atoms with Crippen LogP contribution in [0.2, 0.25) is 0 Å². The molecule has 142 valence electrons. The number of halogens is 1. The van der Waals surface area contributed by atoms with Crippen molar-refractivity contribution in [2.75, 3.05) is 28.4 Å². The minimum Gasteiger partial charge on any atom is -0.506 e. The molecule has 1 aromatic heterocycles. The molecule has 0 spiro atoms. The molecule has 3 aromatic rings. The molecule has 7 nitrogen and oxygen atoms in total. The molecule has 0 atom stereocenters. The molecule has 0 saturated heterocycles. The summed E-state index contributed by atoms with van der Waals surface area (Å²) in [5.74, 6) is 1.86. The third-order valence-corrected chi connectivity index (χ3v) is 5.13. The van der Waals surface area contributed by atoms with E-state index in [2.05, 4.69) is 0 Å². The molecular weight excluding hydrogens is 467 g/mol. The van der Waals surface area contributed by atoms with Gasteiger partial charge in [0.15, 0.2) is 16.9 Å². The average Bonchev–Trinajstić information content (AvgIpc) is 2.68.